The molecule has 0 saturated carbocycles. The Labute approximate surface area is 130 Å². The minimum Gasteiger partial charge on any atom is -0.352 e. The molecule has 22 heavy (non-hydrogen) atoms. The number of thiophene rings is 1. The summed E-state index contributed by atoms with van der Waals surface area (Å²) in [5.41, 5.74) is 0.930. The summed E-state index contributed by atoms with van der Waals surface area (Å²) in [6.07, 6.45) is 3.47. The van der Waals surface area contributed by atoms with Crippen molar-refractivity contribution in [1.82, 2.24) is 5.32 Å². The lowest BCUT2D eigenvalue weighted by atomic mass is 10.1. The Bertz CT molecular complexity index is 695. The lowest BCUT2D eigenvalue weighted by Crippen LogP contribution is -2.23. The molecule has 0 aliphatic carbocycles. The van der Waals surface area contributed by atoms with E-state index in [1.807, 2.05) is 0 Å². The third-order valence-electron chi connectivity index (χ3n) is 2.82. The smallest absolute Gasteiger partial charge is 0.324 e. The van der Waals surface area contributed by atoms with Crippen LogP contribution in [0.25, 0.3) is 6.08 Å². The molecule has 0 aliphatic heterocycles. The summed E-state index contributed by atoms with van der Waals surface area (Å²) < 4.78 is 12.7. The number of nitro groups is 1. The summed E-state index contributed by atoms with van der Waals surface area (Å²) in [6, 6.07) is 9.08. The Kier molecular flexibility index (Phi) is 5.37. The van der Waals surface area contributed by atoms with E-state index in [0.717, 1.165) is 16.9 Å². The van der Waals surface area contributed by atoms with Gasteiger partial charge in [0.2, 0.25) is 5.91 Å². The van der Waals surface area contributed by atoms with Crippen LogP contribution in [0, 0.1) is 15.9 Å². The van der Waals surface area contributed by atoms with Crippen LogP contribution in [0.4, 0.5) is 9.39 Å². The summed E-state index contributed by atoms with van der Waals surface area (Å²) in [6.45, 7) is 0.430. The van der Waals surface area contributed by atoms with Crippen LogP contribution >= 0.6 is 11.3 Å². The maximum absolute atomic E-state index is 12.7. The number of amides is 1. The van der Waals surface area contributed by atoms with Crippen LogP contribution in [-0.4, -0.2) is 17.4 Å². The first-order chi connectivity index (χ1) is 10.5. The van der Waals surface area contributed by atoms with Gasteiger partial charge in [-0.2, -0.15) is 0 Å². The molecule has 1 aromatic heterocycles. The van der Waals surface area contributed by atoms with Gasteiger partial charge in [0.25, 0.3) is 0 Å². The highest BCUT2D eigenvalue weighted by Gasteiger charge is 2.07. The third kappa shape index (κ3) is 4.78. The van der Waals surface area contributed by atoms with Crippen LogP contribution in [0.15, 0.2) is 42.5 Å². The highest BCUT2D eigenvalue weighted by atomic mass is 32.1. The van der Waals surface area contributed by atoms with Gasteiger partial charge in [-0.05, 0) is 36.3 Å². The van der Waals surface area contributed by atoms with Gasteiger partial charge in [-0.15, -0.1) is 0 Å². The average Bonchev–Trinajstić information content (AvgIpc) is 2.96. The molecule has 114 valence electrons. The minimum atomic E-state index is -0.467. The SMILES string of the molecule is O=C(/C=C/c1ccc([N+](=O)[O-])s1)NCCc1ccc(F)cc1. The maximum atomic E-state index is 12.7. The molecule has 0 aliphatic rings. The van der Waals surface area contributed by atoms with Gasteiger partial charge in [-0.3, -0.25) is 14.9 Å². The van der Waals surface area contributed by atoms with Crippen molar-refractivity contribution < 1.29 is 14.1 Å². The van der Waals surface area contributed by atoms with E-state index in [4.69, 9.17) is 0 Å². The van der Waals surface area contributed by atoms with E-state index < -0.39 is 4.92 Å². The maximum Gasteiger partial charge on any atom is 0.324 e. The van der Waals surface area contributed by atoms with Crippen molar-refractivity contribution in [3.05, 3.63) is 68.8 Å². The van der Waals surface area contributed by atoms with Crippen molar-refractivity contribution in [2.45, 2.75) is 6.42 Å². The molecule has 1 aromatic carbocycles. The van der Waals surface area contributed by atoms with Crippen LogP contribution in [0.3, 0.4) is 0 Å². The van der Waals surface area contributed by atoms with Crippen molar-refractivity contribution in [3.8, 4) is 0 Å². The van der Waals surface area contributed by atoms with Crippen molar-refractivity contribution in [2.24, 2.45) is 0 Å². The normalized spacial score (nSPS) is 10.8. The van der Waals surface area contributed by atoms with E-state index in [1.165, 1.54) is 30.4 Å². The van der Waals surface area contributed by atoms with Crippen molar-refractivity contribution in [1.29, 1.82) is 0 Å². The predicted molar refractivity (Wildman–Crippen MR) is 83.1 cm³/mol. The first-order valence-corrected chi connectivity index (χ1v) is 7.31. The van der Waals surface area contributed by atoms with Gasteiger partial charge in [-0.25, -0.2) is 4.39 Å². The summed E-state index contributed by atoms with van der Waals surface area (Å²) in [5.74, 6) is -0.570. The number of halogens is 1. The molecule has 2 rings (SSSR count). The van der Waals surface area contributed by atoms with E-state index in [0.29, 0.717) is 17.8 Å². The molecular weight excluding hydrogens is 307 g/mol. The summed E-state index contributed by atoms with van der Waals surface area (Å²) >= 11 is 1.00. The summed E-state index contributed by atoms with van der Waals surface area (Å²) in [5, 5.41) is 13.3. The first kappa shape index (κ1) is 15.8. The third-order valence-corrected chi connectivity index (χ3v) is 3.82. The zero-order valence-electron chi connectivity index (χ0n) is 11.5. The van der Waals surface area contributed by atoms with Gasteiger partial charge in [0, 0.05) is 23.6 Å². The second-order valence-electron chi connectivity index (χ2n) is 4.43. The molecule has 1 amide bonds. The molecule has 0 unspecified atom stereocenters. The molecular formula is C15H13FN2O3S. The molecule has 2 aromatic rings. The van der Waals surface area contributed by atoms with E-state index in [2.05, 4.69) is 5.32 Å². The highest BCUT2D eigenvalue weighted by molar-refractivity contribution is 7.16. The van der Waals surface area contributed by atoms with E-state index >= 15 is 0 Å². The van der Waals surface area contributed by atoms with E-state index in [-0.39, 0.29) is 16.7 Å². The second-order valence-corrected chi connectivity index (χ2v) is 5.53. The molecule has 7 heteroatoms. The number of carbonyl (C=O) groups excluding carboxylic acids is 1. The lowest BCUT2D eigenvalue weighted by Gasteiger charge is -2.02. The van der Waals surface area contributed by atoms with Crippen molar-refractivity contribution in [2.75, 3.05) is 6.54 Å². The molecule has 1 N–H and O–H groups in total. The van der Waals surface area contributed by atoms with Gasteiger partial charge >= 0.3 is 5.00 Å². The summed E-state index contributed by atoms with van der Waals surface area (Å²) in [7, 11) is 0. The number of nitrogens with zero attached hydrogens (tertiary/aromatic N) is 1. The Morgan fingerprint density at radius 1 is 1.27 bits per heavy atom. The number of hydrogen-bond donors (Lipinski definition) is 1. The zero-order chi connectivity index (χ0) is 15.9. The Hall–Kier alpha value is -2.54. The standard InChI is InChI=1S/C15H13FN2O3S/c16-12-3-1-11(2-4-12)9-10-17-14(19)7-5-13-6-8-15(22-13)18(20)21/h1-8H,9-10H2,(H,17,19)/b7-5+. The minimum absolute atomic E-state index is 0.0383. The van der Waals surface area contributed by atoms with Gasteiger partial charge < -0.3 is 5.32 Å². The summed E-state index contributed by atoms with van der Waals surface area (Å²) in [4.78, 5) is 22.3. The Morgan fingerprint density at radius 2 is 2.00 bits per heavy atom. The van der Waals surface area contributed by atoms with Crippen LogP contribution in [0.2, 0.25) is 0 Å². The van der Waals surface area contributed by atoms with Gasteiger partial charge in [0.05, 0.1) is 4.92 Å². The molecule has 5 nitrogen and oxygen atoms in total. The van der Waals surface area contributed by atoms with Crippen LogP contribution < -0.4 is 5.32 Å². The molecule has 0 saturated heterocycles. The monoisotopic (exact) mass is 320 g/mol. The molecule has 1 heterocycles. The van der Waals surface area contributed by atoms with Crippen LogP contribution in [0.5, 0.6) is 0 Å². The lowest BCUT2D eigenvalue weighted by molar-refractivity contribution is -0.380. The predicted octanol–water partition coefficient (Wildman–Crippen LogP) is 3.17. The fourth-order valence-electron chi connectivity index (χ4n) is 1.73. The average molecular weight is 320 g/mol. The molecule has 0 spiro atoms. The van der Waals surface area contributed by atoms with Crippen LogP contribution in [0.1, 0.15) is 10.4 Å². The van der Waals surface area contributed by atoms with Crippen molar-refractivity contribution in [3.63, 3.8) is 0 Å². The second kappa shape index (κ2) is 7.46. The van der Waals surface area contributed by atoms with Gasteiger partial charge in [-0.1, -0.05) is 23.5 Å². The van der Waals surface area contributed by atoms with Gasteiger partial charge in [0.1, 0.15) is 5.82 Å². The van der Waals surface area contributed by atoms with E-state index in [9.17, 15) is 19.3 Å². The van der Waals surface area contributed by atoms with Gasteiger partial charge in [0.15, 0.2) is 0 Å². The number of carbonyl (C=O) groups is 1. The fourth-order valence-corrected chi connectivity index (χ4v) is 2.45. The first-order valence-electron chi connectivity index (χ1n) is 6.49. The molecule has 0 bridgehead atoms. The fraction of sp³-hybridized carbons (Fsp3) is 0.133. The number of benzene rings is 1. The highest BCUT2D eigenvalue weighted by Crippen LogP contribution is 2.24. The molecule has 0 atom stereocenters. The topological polar surface area (TPSA) is 72.2 Å². The van der Waals surface area contributed by atoms with Crippen molar-refractivity contribution >= 4 is 28.3 Å². The molecule has 0 fully saturated rings. The Morgan fingerprint density at radius 3 is 2.64 bits per heavy atom. The number of rotatable bonds is 6. The van der Waals surface area contributed by atoms with E-state index in [1.54, 1.807) is 18.2 Å². The van der Waals surface area contributed by atoms with Crippen LogP contribution in [-0.2, 0) is 11.2 Å². The number of hydrogen-bond acceptors (Lipinski definition) is 4. The largest absolute Gasteiger partial charge is 0.352 e. The molecule has 0 radical (unpaired) electrons. The zero-order valence-corrected chi connectivity index (χ0v) is 12.3. The Balaban J connectivity index is 1.78. The number of nitrogens with one attached hydrogen (secondary N) is 1. The quantitative estimate of drug-likeness (QED) is 0.505.